The summed E-state index contributed by atoms with van der Waals surface area (Å²) in [5.74, 6) is 1.45. The van der Waals surface area contributed by atoms with Crippen molar-refractivity contribution in [3.8, 4) is 0 Å². The summed E-state index contributed by atoms with van der Waals surface area (Å²) >= 11 is 6.21. The van der Waals surface area contributed by atoms with Gasteiger partial charge in [-0.2, -0.15) is 0 Å². The summed E-state index contributed by atoms with van der Waals surface area (Å²) in [4.78, 5) is 0. The molecule has 14 heavy (non-hydrogen) atoms. The highest BCUT2D eigenvalue weighted by Crippen LogP contribution is 2.29. The third-order valence-corrected chi connectivity index (χ3v) is 4.00. The molecule has 2 fully saturated rings. The predicted molar refractivity (Wildman–Crippen MR) is 58.8 cm³/mol. The molecule has 0 aromatic heterocycles. The Morgan fingerprint density at radius 1 is 1.21 bits per heavy atom. The van der Waals surface area contributed by atoms with Crippen LogP contribution in [0.25, 0.3) is 0 Å². The van der Waals surface area contributed by atoms with Gasteiger partial charge >= 0.3 is 0 Å². The van der Waals surface area contributed by atoms with Crippen molar-refractivity contribution in [1.82, 2.24) is 5.32 Å². The van der Waals surface area contributed by atoms with Gasteiger partial charge in [0.05, 0.1) is 6.61 Å². The van der Waals surface area contributed by atoms with E-state index in [1.165, 1.54) is 25.7 Å². The summed E-state index contributed by atoms with van der Waals surface area (Å²) in [6, 6.07) is 0. The summed E-state index contributed by atoms with van der Waals surface area (Å²) in [7, 11) is 0. The van der Waals surface area contributed by atoms with E-state index in [1.807, 2.05) is 0 Å². The van der Waals surface area contributed by atoms with Crippen LogP contribution in [0.4, 0.5) is 0 Å². The van der Waals surface area contributed by atoms with Gasteiger partial charge in [0, 0.05) is 18.5 Å². The number of nitrogens with one attached hydrogen (secondary N) is 1. The first kappa shape index (κ1) is 10.7. The molecule has 0 aromatic carbocycles. The second kappa shape index (κ2) is 5.34. The Labute approximate surface area is 91.3 Å². The first-order valence-electron chi connectivity index (χ1n) is 5.79. The van der Waals surface area contributed by atoms with Gasteiger partial charge in [-0.15, -0.1) is 11.6 Å². The van der Waals surface area contributed by atoms with E-state index in [-0.39, 0.29) is 0 Å². The number of halogens is 1. The minimum Gasteiger partial charge on any atom is -0.381 e. The maximum Gasteiger partial charge on any atom is 0.0507 e. The normalized spacial score (nSPS) is 37.9. The van der Waals surface area contributed by atoms with E-state index >= 15 is 0 Å². The Hall–Kier alpha value is 0.210. The SMILES string of the molecule is ClC1CCCC1CNCC1CCOC1. The van der Waals surface area contributed by atoms with Crippen molar-refractivity contribution in [3.05, 3.63) is 0 Å². The van der Waals surface area contributed by atoms with Crippen LogP contribution in [0.5, 0.6) is 0 Å². The number of alkyl halides is 1. The number of hydrogen-bond donors (Lipinski definition) is 1. The van der Waals surface area contributed by atoms with Crippen LogP contribution >= 0.6 is 11.6 Å². The Morgan fingerprint density at radius 3 is 2.79 bits per heavy atom. The molecule has 2 aliphatic rings. The lowest BCUT2D eigenvalue weighted by Gasteiger charge is -2.16. The van der Waals surface area contributed by atoms with Crippen molar-refractivity contribution in [2.75, 3.05) is 26.3 Å². The maximum atomic E-state index is 6.21. The van der Waals surface area contributed by atoms with Gasteiger partial charge in [-0.25, -0.2) is 0 Å². The lowest BCUT2D eigenvalue weighted by atomic mass is 10.1. The standard InChI is InChI=1S/C11H20ClNO/c12-11-3-1-2-10(11)7-13-6-9-4-5-14-8-9/h9-11,13H,1-8H2. The fraction of sp³-hybridized carbons (Fsp3) is 1.00. The van der Waals surface area contributed by atoms with Crippen LogP contribution < -0.4 is 5.32 Å². The molecule has 82 valence electrons. The highest BCUT2D eigenvalue weighted by atomic mass is 35.5. The van der Waals surface area contributed by atoms with Gasteiger partial charge in [-0.05, 0) is 37.6 Å². The zero-order valence-electron chi connectivity index (χ0n) is 8.68. The molecule has 1 aliphatic heterocycles. The molecule has 1 saturated heterocycles. The third kappa shape index (κ3) is 2.85. The van der Waals surface area contributed by atoms with Crippen LogP contribution in [0.1, 0.15) is 25.7 Å². The van der Waals surface area contributed by atoms with E-state index in [0.717, 1.165) is 32.2 Å². The van der Waals surface area contributed by atoms with Crippen LogP contribution in [0.3, 0.4) is 0 Å². The molecule has 3 heteroatoms. The van der Waals surface area contributed by atoms with Gasteiger partial charge in [-0.3, -0.25) is 0 Å². The molecule has 0 radical (unpaired) electrons. The molecule has 1 heterocycles. The number of hydrogen-bond acceptors (Lipinski definition) is 2. The molecular formula is C11H20ClNO. The Bertz CT molecular complexity index is 171. The monoisotopic (exact) mass is 217 g/mol. The molecule has 2 rings (SSSR count). The Kier molecular flexibility index (Phi) is 4.09. The van der Waals surface area contributed by atoms with Crippen LogP contribution in [0.15, 0.2) is 0 Å². The van der Waals surface area contributed by atoms with Crippen LogP contribution in [-0.2, 0) is 4.74 Å². The highest BCUT2D eigenvalue weighted by molar-refractivity contribution is 6.20. The van der Waals surface area contributed by atoms with Gasteiger partial charge in [0.15, 0.2) is 0 Å². The average molecular weight is 218 g/mol. The molecule has 1 N–H and O–H groups in total. The first-order valence-corrected chi connectivity index (χ1v) is 6.22. The molecule has 0 spiro atoms. The quantitative estimate of drug-likeness (QED) is 0.728. The van der Waals surface area contributed by atoms with Gasteiger partial charge in [0.2, 0.25) is 0 Å². The first-order chi connectivity index (χ1) is 6.86. The van der Waals surface area contributed by atoms with E-state index < -0.39 is 0 Å². The van der Waals surface area contributed by atoms with E-state index in [1.54, 1.807) is 0 Å². The average Bonchev–Trinajstić information content (AvgIpc) is 2.78. The summed E-state index contributed by atoms with van der Waals surface area (Å²) in [5.41, 5.74) is 0. The zero-order chi connectivity index (χ0) is 9.80. The molecule has 2 nitrogen and oxygen atoms in total. The van der Waals surface area contributed by atoms with E-state index in [2.05, 4.69) is 5.32 Å². The molecule has 3 atom stereocenters. The molecule has 0 aromatic rings. The molecule has 3 unspecified atom stereocenters. The molecule has 0 bridgehead atoms. The number of rotatable bonds is 4. The highest BCUT2D eigenvalue weighted by Gasteiger charge is 2.25. The van der Waals surface area contributed by atoms with Gasteiger partial charge in [0.1, 0.15) is 0 Å². The van der Waals surface area contributed by atoms with Gasteiger partial charge in [-0.1, -0.05) is 6.42 Å². The second-order valence-corrected chi connectivity index (χ2v) is 5.16. The van der Waals surface area contributed by atoms with Crippen molar-refractivity contribution >= 4 is 11.6 Å². The van der Waals surface area contributed by atoms with Crippen LogP contribution in [0, 0.1) is 11.8 Å². The molecule has 0 amide bonds. The van der Waals surface area contributed by atoms with Crippen LogP contribution in [-0.4, -0.2) is 31.7 Å². The fourth-order valence-electron chi connectivity index (χ4n) is 2.44. The second-order valence-electron chi connectivity index (χ2n) is 4.59. The minimum absolute atomic E-state index is 0.419. The van der Waals surface area contributed by atoms with Crippen molar-refractivity contribution < 1.29 is 4.74 Å². The van der Waals surface area contributed by atoms with Crippen molar-refractivity contribution in [1.29, 1.82) is 0 Å². The van der Waals surface area contributed by atoms with Crippen molar-refractivity contribution in [2.45, 2.75) is 31.1 Å². The third-order valence-electron chi connectivity index (χ3n) is 3.43. The van der Waals surface area contributed by atoms with Crippen molar-refractivity contribution in [3.63, 3.8) is 0 Å². The van der Waals surface area contributed by atoms with E-state index in [9.17, 15) is 0 Å². The molecule has 1 aliphatic carbocycles. The molecular weight excluding hydrogens is 198 g/mol. The predicted octanol–water partition coefficient (Wildman–Crippen LogP) is 2.02. The summed E-state index contributed by atoms with van der Waals surface area (Å²) in [5, 5.41) is 3.95. The largest absolute Gasteiger partial charge is 0.381 e. The van der Waals surface area contributed by atoms with E-state index in [0.29, 0.717) is 11.3 Å². The van der Waals surface area contributed by atoms with Gasteiger partial charge < -0.3 is 10.1 Å². The Morgan fingerprint density at radius 2 is 2.14 bits per heavy atom. The number of ether oxygens (including phenoxy) is 1. The van der Waals surface area contributed by atoms with Crippen LogP contribution in [0.2, 0.25) is 0 Å². The summed E-state index contributed by atoms with van der Waals surface area (Å²) in [6.07, 6.45) is 5.05. The lowest BCUT2D eigenvalue weighted by molar-refractivity contribution is 0.185. The summed E-state index contributed by atoms with van der Waals surface area (Å²) < 4.78 is 5.33. The fourth-order valence-corrected chi connectivity index (χ4v) is 2.81. The summed E-state index contributed by atoms with van der Waals surface area (Å²) in [6.45, 7) is 4.11. The topological polar surface area (TPSA) is 21.3 Å². The lowest BCUT2D eigenvalue weighted by Crippen LogP contribution is -2.30. The van der Waals surface area contributed by atoms with E-state index in [4.69, 9.17) is 16.3 Å². The molecule has 1 saturated carbocycles. The smallest absolute Gasteiger partial charge is 0.0507 e. The maximum absolute atomic E-state index is 6.21. The Balaban J connectivity index is 1.57. The minimum atomic E-state index is 0.419. The zero-order valence-corrected chi connectivity index (χ0v) is 9.43. The van der Waals surface area contributed by atoms with Gasteiger partial charge in [0.25, 0.3) is 0 Å². The van der Waals surface area contributed by atoms with Crippen molar-refractivity contribution in [2.24, 2.45) is 11.8 Å².